The van der Waals surface area contributed by atoms with E-state index in [0.717, 1.165) is 25.9 Å². The van der Waals surface area contributed by atoms with Gasteiger partial charge in [0.15, 0.2) is 0 Å². The second-order valence-corrected chi connectivity index (χ2v) is 3.58. The lowest BCUT2D eigenvalue weighted by molar-refractivity contribution is 0.129. The molecule has 0 aliphatic heterocycles. The smallest absolute Gasteiger partial charge is 0.321 e. The van der Waals surface area contributed by atoms with Crippen LogP contribution in [0, 0.1) is 0 Å². The van der Waals surface area contributed by atoms with Gasteiger partial charge in [-0.2, -0.15) is 0 Å². The van der Waals surface area contributed by atoms with Gasteiger partial charge in [-0.25, -0.2) is 4.79 Å². The Kier molecular flexibility index (Phi) is 6.81. The van der Waals surface area contributed by atoms with Gasteiger partial charge >= 0.3 is 6.03 Å². The van der Waals surface area contributed by atoms with Crippen molar-refractivity contribution in [1.82, 2.24) is 10.5 Å². The summed E-state index contributed by atoms with van der Waals surface area (Å²) < 4.78 is 10.1. The molecule has 0 radical (unpaired) electrons. The summed E-state index contributed by atoms with van der Waals surface area (Å²) in [6.07, 6.45) is 4.49. The first-order valence-corrected chi connectivity index (χ1v) is 5.86. The van der Waals surface area contributed by atoms with Gasteiger partial charge in [-0.1, -0.05) is 18.5 Å². The van der Waals surface area contributed by atoms with Crippen LogP contribution in [0.5, 0.6) is 0 Å². The lowest BCUT2D eigenvalue weighted by Gasteiger charge is -2.05. The van der Waals surface area contributed by atoms with E-state index < -0.39 is 0 Å². The monoisotopic (exact) mass is 241 g/mol. The minimum absolute atomic E-state index is 0.296. The number of carbonyl (C=O) groups excluding carboxylic acids is 1. The van der Waals surface area contributed by atoms with Crippen molar-refractivity contribution in [1.29, 1.82) is 0 Å². The zero-order chi connectivity index (χ0) is 12.3. The highest BCUT2D eigenvalue weighted by Gasteiger charge is 2.02. The molecule has 0 bridgehead atoms. The molecule has 17 heavy (non-hydrogen) atoms. The molecule has 6 heteroatoms. The predicted octanol–water partition coefficient (Wildman–Crippen LogP) is 2.00. The van der Waals surface area contributed by atoms with Crippen molar-refractivity contribution in [2.24, 2.45) is 0 Å². The molecule has 0 fully saturated rings. The standard InChI is InChI=1S/C11H19N3O3/c1-2-3-8-16-9-4-6-12-11(15)14-10-5-7-13-17-10/h5,7H,2-4,6,8-9H2,1H3,(H2,12,14,15). The Hall–Kier alpha value is -1.56. The molecule has 1 aromatic rings. The molecular formula is C11H19N3O3. The molecule has 2 amide bonds. The summed E-state index contributed by atoms with van der Waals surface area (Å²) in [5, 5.41) is 8.68. The fourth-order valence-electron chi connectivity index (χ4n) is 1.16. The lowest BCUT2D eigenvalue weighted by atomic mass is 10.4. The molecule has 0 aliphatic carbocycles. The highest BCUT2D eigenvalue weighted by Crippen LogP contribution is 2.02. The minimum atomic E-state index is -0.296. The van der Waals surface area contributed by atoms with Crippen LogP contribution in [-0.4, -0.2) is 30.9 Å². The van der Waals surface area contributed by atoms with E-state index in [0.29, 0.717) is 19.0 Å². The molecule has 1 heterocycles. The van der Waals surface area contributed by atoms with Crippen LogP contribution in [0.15, 0.2) is 16.8 Å². The van der Waals surface area contributed by atoms with Crippen molar-refractivity contribution in [3.05, 3.63) is 12.3 Å². The number of ether oxygens (including phenoxy) is 1. The number of unbranched alkanes of at least 4 members (excludes halogenated alkanes) is 1. The van der Waals surface area contributed by atoms with Crippen LogP contribution in [-0.2, 0) is 4.74 Å². The second kappa shape index (κ2) is 8.58. The van der Waals surface area contributed by atoms with Gasteiger partial charge in [0.25, 0.3) is 0 Å². The first-order valence-electron chi connectivity index (χ1n) is 5.86. The maximum atomic E-state index is 11.3. The number of rotatable bonds is 8. The Morgan fingerprint density at radius 1 is 1.47 bits per heavy atom. The van der Waals surface area contributed by atoms with Crippen LogP contribution in [0.1, 0.15) is 26.2 Å². The SMILES string of the molecule is CCCCOCCCNC(=O)Nc1ccno1. The van der Waals surface area contributed by atoms with Crippen molar-refractivity contribution >= 4 is 11.9 Å². The van der Waals surface area contributed by atoms with Crippen molar-refractivity contribution in [2.45, 2.75) is 26.2 Å². The van der Waals surface area contributed by atoms with Gasteiger partial charge < -0.3 is 14.6 Å². The van der Waals surface area contributed by atoms with Gasteiger partial charge in [-0.05, 0) is 12.8 Å². The summed E-state index contributed by atoms with van der Waals surface area (Å²) in [6.45, 7) is 4.16. The van der Waals surface area contributed by atoms with E-state index in [4.69, 9.17) is 9.26 Å². The van der Waals surface area contributed by atoms with Gasteiger partial charge in [-0.3, -0.25) is 5.32 Å². The van der Waals surface area contributed by atoms with Crippen molar-refractivity contribution in [3.8, 4) is 0 Å². The van der Waals surface area contributed by atoms with E-state index in [-0.39, 0.29) is 6.03 Å². The van der Waals surface area contributed by atoms with Crippen molar-refractivity contribution < 1.29 is 14.1 Å². The fraction of sp³-hybridized carbons (Fsp3) is 0.636. The van der Waals surface area contributed by atoms with Gasteiger partial charge in [0, 0.05) is 25.8 Å². The van der Waals surface area contributed by atoms with Crippen LogP contribution < -0.4 is 10.6 Å². The number of nitrogens with one attached hydrogen (secondary N) is 2. The largest absolute Gasteiger partial charge is 0.381 e. The van der Waals surface area contributed by atoms with Crippen molar-refractivity contribution in [3.63, 3.8) is 0 Å². The summed E-state index contributed by atoms with van der Waals surface area (Å²) in [6, 6.07) is 1.28. The van der Waals surface area contributed by atoms with Crippen LogP contribution in [0.4, 0.5) is 10.7 Å². The average molecular weight is 241 g/mol. The maximum Gasteiger partial charge on any atom is 0.321 e. The van der Waals surface area contributed by atoms with E-state index in [9.17, 15) is 4.79 Å². The van der Waals surface area contributed by atoms with Crippen molar-refractivity contribution in [2.75, 3.05) is 25.1 Å². The van der Waals surface area contributed by atoms with Gasteiger partial charge in [0.2, 0.25) is 5.88 Å². The number of carbonyl (C=O) groups is 1. The van der Waals surface area contributed by atoms with Gasteiger partial charge in [-0.15, -0.1) is 0 Å². The molecule has 2 N–H and O–H groups in total. The predicted molar refractivity (Wildman–Crippen MR) is 63.9 cm³/mol. The van der Waals surface area contributed by atoms with Gasteiger partial charge in [0.05, 0.1) is 6.20 Å². The zero-order valence-electron chi connectivity index (χ0n) is 10.1. The summed E-state index contributed by atoms with van der Waals surface area (Å²) in [7, 11) is 0. The summed E-state index contributed by atoms with van der Waals surface area (Å²) >= 11 is 0. The normalized spacial score (nSPS) is 10.2. The van der Waals surface area contributed by atoms with Crippen LogP contribution >= 0.6 is 0 Å². The number of urea groups is 1. The Labute approximate surface area is 101 Å². The molecule has 6 nitrogen and oxygen atoms in total. The molecule has 0 saturated heterocycles. The number of hydrogen-bond donors (Lipinski definition) is 2. The molecule has 1 aromatic heterocycles. The van der Waals surface area contributed by atoms with Crippen LogP contribution in [0.3, 0.4) is 0 Å². The Morgan fingerprint density at radius 2 is 2.29 bits per heavy atom. The number of aromatic nitrogens is 1. The van der Waals surface area contributed by atoms with Crippen LogP contribution in [0.2, 0.25) is 0 Å². The molecular weight excluding hydrogens is 222 g/mol. The number of hydrogen-bond acceptors (Lipinski definition) is 4. The third kappa shape index (κ3) is 6.57. The summed E-state index contributed by atoms with van der Waals surface area (Å²) in [5.74, 6) is 0.335. The summed E-state index contributed by atoms with van der Waals surface area (Å²) in [4.78, 5) is 11.3. The molecule has 0 spiro atoms. The topological polar surface area (TPSA) is 76.4 Å². The Bertz CT molecular complexity index is 301. The maximum absolute atomic E-state index is 11.3. The first kappa shape index (κ1) is 13.5. The molecule has 0 atom stereocenters. The van der Waals surface area contributed by atoms with Crippen LogP contribution in [0.25, 0.3) is 0 Å². The molecule has 0 unspecified atom stereocenters. The van der Waals surface area contributed by atoms with E-state index in [2.05, 4.69) is 22.7 Å². The number of anilines is 1. The van der Waals surface area contributed by atoms with E-state index in [1.165, 1.54) is 6.20 Å². The third-order valence-corrected chi connectivity index (χ3v) is 2.07. The highest BCUT2D eigenvalue weighted by molar-refractivity contribution is 5.87. The molecule has 1 rings (SSSR count). The van der Waals surface area contributed by atoms with E-state index in [1.807, 2.05) is 0 Å². The third-order valence-electron chi connectivity index (χ3n) is 2.07. The lowest BCUT2D eigenvalue weighted by Crippen LogP contribution is -2.29. The average Bonchev–Trinajstić information content (AvgIpc) is 2.80. The Balaban J connectivity index is 1.94. The first-order chi connectivity index (χ1) is 8.33. The highest BCUT2D eigenvalue weighted by atomic mass is 16.5. The van der Waals surface area contributed by atoms with E-state index in [1.54, 1.807) is 6.07 Å². The van der Waals surface area contributed by atoms with Gasteiger partial charge in [0.1, 0.15) is 0 Å². The van der Waals surface area contributed by atoms with E-state index >= 15 is 0 Å². The quantitative estimate of drug-likeness (QED) is 0.682. The summed E-state index contributed by atoms with van der Waals surface area (Å²) in [5.41, 5.74) is 0. The minimum Gasteiger partial charge on any atom is -0.381 e. The zero-order valence-corrected chi connectivity index (χ0v) is 10.1. The fourth-order valence-corrected chi connectivity index (χ4v) is 1.16. The Morgan fingerprint density at radius 3 is 3.00 bits per heavy atom. The molecule has 0 aliphatic rings. The molecule has 96 valence electrons. The molecule has 0 saturated carbocycles. The number of amides is 2. The second-order valence-electron chi connectivity index (χ2n) is 3.58. The molecule has 0 aromatic carbocycles. The number of nitrogens with zero attached hydrogens (tertiary/aromatic N) is 1.